The molecule has 2 fully saturated rings. The summed E-state index contributed by atoms with van der Waals surface area (Å²) in [6.07, 6.45) is 5.59. The largest absolute Gasteiger partial charge is 0.342 e. The van der Waals surface area contributed by atoms with E-state index < -0.39 is 0 Å². The van der Waals surface area contributed by atoms with E-state index >= 15 is 0 Å². The van der Waals surface area contributed by atoms with Crippen LogP contribution in [0.4, 0.5) is 4.39 Å². The molecule has 0 aliphatic carbocycles. The molecule has 2 bridgehead atoms. The number of aromatic amines is 1. The van der Waals surface area contributed by atoms with Gasteiger partial charge in [-0.1, -0.05) is 0 Å². The zero-order valence-electron chi connectivity index (χ0n) is 10.6. The van der Waals surface area contributed by atoms with Crippen molar-refractivity contribution in [2.24, 2.45) is 0 Å². The van der Waals surface area contributed by atoms with Crippen LogP contribution in [0.2, 0.25) is 0 Å². The monoisotopic (exact) mass is 257 g/mol. The van der Waals surface area contributed by atoms with Gasteiger partial charge in [0.2, 0.25) is 0 Å². The van der Waals surface area contributed by atoms with Crippen molar-refractivity contribution in [2.45, 2.75) is 37.3 Å². The van der Waals surface area contributed by atoms with Crippen LogP contribution in [-0.2, 0) is 0 Å². The third-order valence-corrected chi connectivity index (χ3v) is 4.40. The van der Waals surface area contributed by atoms with E-state index in [0.717, 1.165) is 17.1 Å². The number of nitrogens with one attached hydrogen (secondary N) is 2. The van der Waals surface area contributed by atoms with E-state index in [1.54, 1.807) is 12.1 Å². The summed E-state index contributed by atoms with van der Waals surface area (Å²) in [7, 11) is 0. The Bertz CT molecular complexity index is 590. The fourth-order valence-electron chi connectivity index (χ4n) is 3.43. The topological polar surface area (TPSA) is 40.7 Å². The molecule has 2 aromatic rings. The molecule has 4 heteroatoms. The first-order chi connectivity index (χ1) is 9.29. The third-order valence-electron chi connectivity index (χ3n) is 4.40. The van der Waals surface area contributed by atoms with Crippen molar-refractivity contribution in [1.29, 1.82) is 0 Å². The molecule has 2 saturated heterocycles. The van der Waals surface area contributed by atoms with Crippen molar-refractivity contribution in [2.75, 3.05) is 0 Å². The van der Waals surface area contributed by atoms with Crippen LogP contribution in [-0.4, -0.2) is 22.1 Å². The number of nitrogens with zero attached hydrogens (tertiary/aromatic N) is 1. The van der Waals surface area contributed by atoms with Crippen LogP contribution >= 0.6 is 0 Å². The van der Waals surface area contributed by atoms with Gasteiger partial charge in [0, 0.05) is 18.0 Å². The van der Waals surface area contributed by atoms with Crippen LogP contribution in [0.1, 0.15) is 31.0 Å². The Kier molecular flexibility index (Phi) is 2.45. The molecular weight excluding hydrogens is 241 g/mol. The maximum Gasteiger partial charge on any atom is 0.123 e. The standard InChI is InChI=1S/C15H16FN3/c16-10-3-1-9(2-4-10)14-8-17-15(19-14)12-7-11-5-6-13(12)18-11/h1-4,8,11-13,18H,5-7H2,(H,17,19). The summed E-state index contributed by atoms with van der Waals surface area (Å²) in [6, 6.07) is 7.79. The van der Waals surface area contributed by atoms with E-state index in [1.165, 1.54) is 31.4 Å². The molecule has 19 heavy (non-hydrogen) atoms. The minimum absolute atomic E-state index is 0.208. The molecule has 3 atom stereocenters. The summed E-state index contributed by atoms with van der Waals surface area (Å²) >= 11 is 0. The normalized spacial score (nSPS) is 29.0. The van der Waals surface area contributed by atoms with Gasteiger partial charge in [0.1, 0.15) is 11.6 Å². The average molecular weight is 257 g/mol. The van der Waals surface area contributed by atoms with Crippen molar-refractivity contribution in [1.82, 2.24) is 15.3 Å². The lowest BCUT2D eigenvalue weighted by atomic mass is 9.89. The molecule has 98 valence electrons. The molecule has 1 aromatic carbocycles. The van der Waals surface area contributed by atoms with Gasteiger partial charge in [-0.25, -0.2) is 9.37 Å². The van der Waals surface area contributed by atoms with Gasteiger partial charge in [-0.3, -0.25) is 0 Å². The first-order valence-electron chi connectivity index (χ1n) is 6.86. The van der Waals surface area contributed by atoms with Gasteiger partial charge in [-0.05, 0) is 49.1 Å². The van der Waals surface area contributed by atoms with E-state index in [-0.39, 0.29) is 5.82 Å². The van der Waals surface area contributed by atoms with Gasteiger partial charge < -0.3 is 10.3 Å². The Hall–Kier alpha value is -1.68. The number of benzene rings is 1. The minimum Gasteiger partial charge on any atom is -0.342 e. The smallest absolute Gasteiger partial charge is 0.123 e. The van der Waals surface area contributed by atoms with Crippen molar-refractivity contribution in [3.05, 3.63) is 42.1 Å². The van der Waals surface area contributed by atoms with Crippen LogP contribution < -0.4 is 5.32 Å². The Morgan fingerprint density at radius 2 is 2.00 bits per heavy atom. The number of rotatable bonds is 2. The lowest BCUT2D eigenvalue weighted by Crippen LogP contribution is -2.22. The van der Waals surface area contributed by atoms with Crippen LogP contribution in [0, 0.1) is 5.82 Å². The molecule has 2 N–H and O–H groups in total. The van der Waals surface area contributed by atoms with E-state index in [1.807, 2.05) is 6.20 Å². The molecule has 0 saturated carbocycles. The summed E-state index contributed by atoms with van der Waals surface area (Å²) in [5, 5.41) is 3.62. The number of imidazole rings is 1. The molecule has 3 unspecified atom stereocenters. The molecule has 2 aliphatic rings. The van der Waals surface area contributed by atoms with Crippen molar-refractivity contribution >= 4 is 0 Å². The van der Waals surface area contributed by atoms with Gasteiger partial charge >= 0.3 is 0 Å². The van der Waals surface area contributed by atoms with Crippen LogP contribution in [0.3, 0.4) is 0 Å². The van der Waals surface area contributed by atoms with Gasteiger partial charge in [-0.2, -0.15) is 0 Å². The number of H-pyrrole nitrogens is 1. The first-order valence-corrected chi connectivity index (χ1v) is 6.86. The molecule has 1 aromatic heterocycles. The lowest BCUT2D eigenvalue weighted by Gasteiger charge is -2.17. The summed E-state index contributed by atoms with van der Waals surface area (Å²) in [6.45, 7) is 0. The SMILES string of the molecule is Fc1ccc(-c2cnc(C3CC4CCC3N4)[nH]2)cc1. The number of halogens is 1. The molecule has 2 aliphatic heterocycles. The zero-order valence-corrected chi connectivity index (χ0v) is 10.6. The highest BCUT2D eigenvalue weighted by atomic mass is 19.1. The van der Waals surface area contributed by atoms with Crippen molar-refractivity contribution in [3.63, 3.8) is 0 Å². The molecule has 3 heterocycles. The number of hydrogen-bond acceptors (Lipinski definition) is 2. The van der Waals surface area contributed by atoms with Gasteiger partial charge in [0.25, 0.3) is 0 Å². The molecule has 3 nitrogen and oxygen atoms in total. The zero-order chi connectivity index (χ0) is 12.8. The predicted octanol–water partition coefficient (Wildman–Crippen LogP) is 2.82. The molecule has 0 amide bonds. The second-order valence-electron chi connectivity index (χ2n) is 5.58. The van der Waals surface area contributed by atoms with E-state index in [9.17, 15) is 4.39 Å². The number of aromatic nitrogens is 2. The molecular formula is C15H16FN3. The quantitative estimate of drug-likeness (QED) is 0.868. The van der Waals surface area contributed by atoms with Gasteiger partial charge in [0.15, 0.2) is 0 Å². The summed E-state index contributed by atoms with van der Waals surface area (Å²) in [5.41, 5.74) is 1.95. The molecule has 0 spiro atoms. The fraction of sp³-hybridized carbons (Fsp3) is 0.400. The van der Waals surface area contributed by atoms with Crippen LogP contribution in [0.5, 0.6) is 0 Å². The Morgan fingerprint density at radius 1 is 1.16 bits per heavy atom. The average Bonchev–Trinajstić information content (AvgIpc) is 3.15. The van der Waals surface area contributed by atoms with E-state index in [2.05, 4.69) is 15.3 Å². The minimum atomic E-state index is -0.208. The molecule has 4 rings (SSSR count). The Balaban J connectivity index is 1.61. The van der Waals surface area contributed by atoms with Crippen LogP contribution in [0.15, 0.2) is 30.5 Å². The number of fused-ring (bicyclic) bond motifs is 2. The van der Waals surface area contributed by atoms with E-state index in [0.29, 0.717) is 18.0 Å². The van der Waals surface area contributed by atoms with Crippen LogP contribution in [0.25, 0.3) is 11.3 Å². The van der Waals surface area contributed by atoms with Crippen molar-refractivity contribution < 1.29 is 4.39 Å². The fourth-order valence-corrected chi connectivity index (χ4v) is 3.43. The Morgan fingerprint density at radius 3 is 2.68 bits per heavy atom. The lowest BCUT2D eigenvalue weighted by molar-refractivity contribution is 0.490. The second kappa shape index (κ2) is 4.17. The maximum absolute atomic E-state index is 12.9. The maximum atomic E-state index is 12.9. The van der Waals surface area contributed by atoms with Gasteiger partial charge in [-0.15, -0.1) is 0 Å². The van der Waals surface area contributed by atoms with E-state index in [4.69, 9.17) is 0 Å². The molecule has 0 radical (unpaired) electrons. The summed E-state index contributed by atoms with van der Waals surface area (Å²) < 4.78 is 12.9. The summed E-state index contributed by atoms with van der Waals surface area (Å²) in [4.78, 5) is 7.93. The second-order valence-corrected chi connectivity index (χ2v) is 5.58. The highest BCUT2D eigenvalue weighted by molar-refractivity contribution is 5.58. The third kappa shape index (κ3) is 1.87. The Labute approximate surface area is 111 Å². The highest BCUT2D eigenvalue weighted by Crippen LogP contribution is 2.39. The predicted molar refractivity (Wildman–Crippen MR) is 71.3 cm³/mol. The highest BCUT2D eigenvalue weighted by Gasteiger charge is 2.41. The first kappa shape index (κ1) is 11.2. The number of hydrogen-bond donors (Lipinski definition) is 2. The van der Waals surface area contributed by atoms with Gasteiger partial charge in [0.05, 0.1) is 11.9 Å². The summed E-state index contributed by atoms with van der Waals surface area (Å²) in [5.74, 6) is 1.37. The van der Waals surface area contributed by atoms with Crippen molar-refractivity contribution in [3.8, 4) is 11.3 Å².